The molecule has 0 aliphatic rings. The average molecular weight is 594 g/mol. The molecule has 10 nitrogen and oxygen atoms in total. The first-order chi connectivity index (χ1) is 20.2. The number of carboxylic acid groups (broad SMARTS) is 1. The van der Waals surface area contributed by atoms with Crippen molar-refractivity contribution in [2.45, 2.75) is 79.9 Å². The standard InChI is InChI=1S/C33H47N5O5/c1-22(2)15-19-37(20-16-23(3)4)29(39)25-11-14-27-28(21-25)38(18-8-17-34-32(42)43-33(5,6)7)31(36-27)35-26-12-9-24(10-13-26)30(40)41/h9-14,21-23H,8,15-20H2,1-7H3,(H,34,42)(H,35,36)(H,40,41). The van der Waals surface area contributed by atoms with Gasteiger partial charge in [-0.15, -0.1) is 0 Å². The quantitative estimate of drug-likeness (QED) is 0.173. The Morgan fingerprint density at radius 1 is 0.953 bits per heavy atom. The van der Waals surface area contributed by atoms with Crippen LogP contribution in [0.15, 0.2) is 42.5 Å². The summed E-state index contributed by atoms with van der Waals surface area (Å²) in [6.45, 7) is 16.4. The molecule has 10 heteroatoms. The summed E-state index contributed by atoms with van der Waals surface area (Å²) in [7, 11) is 0. The van der Waals surface area contributed by atoms with Crippen LogP contribution in [0.1, 0.15) is 88.4 Å². The van der Waals surface area contributed by atoms with Crippen LogP contribution in [0.5, 0.6) is 0 Å². The van der Waals surface area contributed by atoms with Gasteiger partial charge in [0.1, 0.15) is 5.60 Å². The van der Waals surface area contributed by atoms with E-state index in [1.165, 1.54) is 12.1 Å². The Hall–Kier alpha value is -4.08. The monoisotopic (exact) mass is 593 g/mol. The molecule has 2 aromatic carbocycles. The number of nitrogens with one attached hydrogen (secondary N) is 2. The minimum Gasteiger partial charge on any atom is -0.478 e. The van der Waals surface area contributed by atoms with Crippen molar-refractivity contribution in [1.29, 1.82) is 0 Å². The predicted octanol–water partition coefficient (Wildman–Crippen LogP) is 6.93. The lowest BCUT2D eigenvalue weighted by Gasteiger charge is -2.24. The van der Waals surface area contributed by atoms with E-state index >= 15 is 0 Å². The van der Waals surface area contributed by atoms with Crippen LogP contribution in [0.4, 0.5) is 16.4 Å². The molecule has 0 fully saturated rings. The number of ether oxygens (including phenoxy) is 1. The van der Waals surface area contributed by atoms with Crippen molar-refractivity contribution in [2.24, 2.45) is 11.8 Å². The molecule has 1 aromatic heterocycles. The van der Waals surface area contributed by atoms with Gasteiger partial charge in [0.2, 0.25) is 5.95 Å². The van der Waals surface area contributed by atoms with Crippen molar-refractivity contribution in [3.05, 3.63) is 53.6 Å². The molecule has 0 spiro atoms. The van der Waals surface area contributed by atoms with Gasteiger partial charge in [0.15, 0.2) is 0 Å². The van der Waals surface area contributed by atoms with Crippen LogP contribution in [0, 0.1) is 11.8 Å². The summed E-state index contributed by atoms with van der Waals surface area (Å²) < 4.78 is 7.33. The molecule has 234 valence electrons. The average Bonchev–Trinajstić information content (AvgIpc) is 3.25. The van der Waals surface area contributed by atoms with Crippen molar-refractivity contribution in [1.82, 2.24) is 19.8 Å². The third-order valence-corrected chi connectivity index (χ3v) is 6.85. The van der Waals surface area contributed by atoms with Gasteiger partial charge in [0.25, 0.3) is 5.91 Å². The maximum absolute atomic E-state index is 13.7. The molecule has 0 saturated heterocycles. The summed E-state index contributed by atoms with van der Waals surface area (Å²) >= 11 is 0. The summed E-state index contributed by atoms with van der Waals surface area (Å²) in [4.78, 5) is 43.9. The molecule has 2 amide bonds. The Morgan fingerprint density at radius 2 is 1.56 bits per heavy atom. The third-order valence-electron chi connectivity index (χ3n) is 6.85. The topological polar surface area (TPSA) is 126 Å². The number of aromatic nitrogens is 2. The summed E-state index contributed by atoms with van der Waals surface area (Å²) in [5.74, 6) is 0.540. The molecule has 1 heterocycles. The number of nitrogens with zero attached hydrogens (tertiary/aromatic N) is 3. The van der Waals surface area contributed by atoms with Crippen LogP contribution in [-0.2, 0) is 11.3 Å². The highest BCUT2D eigenvalue weighted by atomic mass is 16.6. The van der Waals surface area contributed by atoms with Gasteiger partial charge in [-0.1, -0.05) is 27.7 Å². The highest BCUT2D eigenvalue weighted by molar-refractivity contribution is 5.98. The first-order valence-corrected chi connectivity index (χ1v) is 15.1. The Balaban J connectivity index is 1.90. The summed E-state index contributed by atoms with van der Waals surface area (Å²) in [6.07, 6.45) is 1.98. The van der Waals surface area contributed by atoms with E-state index in [2.05, 4.69) is 38.3 Å². The van der Waals surface area contributed by atoms with Crippen LogP contribution < -0.4 is 10.6 Å². The fourth-order valence-electron chi connectivity index (χ4n) is 4.47. The van der Waals surface area contributed by atoms with E-state index in [9.17, 15) is 19.5 Å². The van der Waals surface area contributed by atoms with Gasteiger partial charge in [-0.3, -0.25) is 4.79 Å². The van der Waals surface area contributed by atoms with E-state index in [4.69, 9.17) is 9.72 Å². The van der Waals surface area contributed by atoms with Gasteiger partial charge in [-0.25, -0.2) is 14.6 Å². The number of aryl methyl sites for hydroxylation is 1. The zero-order valence-electron chi connectivity index (χ0n) is 26.6. The molecule has 3 N–H and O–H groups in total. The number of rotatable bonds is 14. The lowest BCUT2D eigenvalue weighted by atomic mass is 10.1. The van der Waals surface area contributed by atoms with E-state index in [1.54, 1.807) is 12.1 Å². The number of hydrogen-bond acceptors (Lipinski definition) is 6. The second-order valence-electron chi connectivity index (χ2n) is 12.7. The van der Waals surface area contributed by atoms with Crippen LogP contribution in [-0.4, -0.2) is 62.8 Å². The second kappa shape index (κ2) is 14.9. The first kappa shape index (κ1) is 33.4. The Kier molecular flexibility index (Phi) is 11.6. The number of amides is 2. The van der Waals surface area contributed by atoms with E-state index in [-0.39, 0.29) is 11.5 Å². The zero-order valence-corrected chi connectivity index (χ0v) is 26.6. The molecular formula is C33H47N5O5. The highest BCUT2D eigenvalue weighted by Gasteiger charge is 2.20. The SMILES string of the molecule is CC(C)CCN(CCC(C)C)C(=O)c1ccc2nc(Nc3ccc(C(=O)O)cc3)n(CCCNC(=O)OC(C)(C)C)c2c1. The number of imidazole rings is 1. The molecule has 3 aromatic rings. The van der Waals surface area contributed by atoms with Crippen LogP contribution >= 0.6 is 0 Å². The fourth-order valence-corrected chi connectivity index (χ4v) is 4.47. The lowest BCUT2D eigenvalue weighted by molar-refractivity contribution is 0.0525. The number of benzene rings is 2. The number of carboxylic acids is 1. The van der Waals surface area contributed by atoms with E-state index in [1.807, 2.05) is 48.4 Å². The van der Waals surface area contributed by atoms with Crippen molar-refractivity contribution in [2.75, 3.05) is 25.0 Å². The number of carbonyl (C=O) groups excluding carboxylic acids is 2. The minimum atomic E-state index is -0.996. The second-order valence-corrected chi connectivity index (χ2v) is 12.7. The van der Waals surface area contributed by atoms with Gasteiger partial charge in [0.05, 0.1) is 16.6 Å². The number of aromatic carboxylic acids is 1. The number of carbonyl (C=O) groups is 3. The van der Waals surface area contributed by atoms with Gasteiger partial charge >= 0.3 is 12.1 Å². The summed E-state index contributed by atoms with van der Waals surface area (Å²) in [5.41, 5.74) is 2.40. The van der Waals surface area contributed by atoms with Crippen molar-refractivity contribution >= 4 is 40.6 Å². The molecule has 0 atom stereocenters. The molecule has 3 rings (SSSR count). The molecule has 0 unspecified atom stereocenters. The number of fused-ring (bicyclic) bond motifs is 1. The van der Waals surface area contributed by atoms with Crippen molar-refractivity contribution in [3.8, 4) is 0 Å². The molecule has 43 heavy (non-hydrogen) atoms. The summed E-state index contributed by atoms with van der Waals surface area (Å²) in [6, 6.07) is 12.0. The highest BCUT2D eigenvalue weighted by Crippen LogP contribution is 2.26. The van der Waals surface area contributed by atoms with E-state index < -0.39 is 17.7 Å². The number of hydrogen-bond donors (Lipinski definition) is 3. The van der Waals surface area contributed by atoms with Crippen LogP contribution in [0.2, 0.25) is 0 Å². The van der Waals surface area contributed by atoms with Gasteiger partial charge < -0.3 is 29.9 Å². The summed E-state index contributed by atoms with van der Waals surface area (Å²) in [5, 5.41) is 15.3. The molecule has 0 aliphatic carbocycles. The Morgan fingerprint density at radius 3 is 2.12 bits per heavy atom. The fraction of sp³-hybridized carbons (Fsp3) is 0.515. The minimum absolute atomic E-state index is 0.00121. The molecule has 0 saturated carbocycles. The van der Waals surface area contributed by atoms with Crippen LogP contribution in [0.3, 0.4) is 0 Å². The van der Waals surface area contributed by atoms with Crippen molar-refractivity contribution < 1.29 is 24.2 Å². The molecule has 0 bridgehead atoms. The van der Waals surface area contributed by atoms with Gasteiger partial charge in [-0.2, -0.15) is 0 Å². The number of alkyl carbamates (subject to hydrolysis) is 1. The van der Waals surface area contributed by atoms with E-state index in [0.717, 1.165) is 23.9 Å². The normalized spacial score (nSPS) is 11.7. The zero-order chi connectivity index (χ0) is 31.7. The molecular weight excluding hydrogens is 546 g/mol. The lowest BCUT2D eigenvalue weighted by Crippen LogP contribution is -2.34. The van der Waals surface area contributed by atoms with Crippen molar-refractivity contribution in [3.63, 3.8) is 0 Å². The smallest absolute Gasteiger partial charge is 0.407 e. The Labute approximate surface area is 254 Å². The van der Waals surface area contributed by atoms with E-state index in [0.29, 0.717) is 61.6 Å². The van der Waals surface area contributed by atoms with Crippen LogP contribution in [0.25, 0.3) is 11.0 Å². The van der Waals surface area contributed by atoms with Gasteiger partial charge in [-0.05, 0) is 94.3 Å². The molecule has 0 aliphatic heterocycles. The molecule has 0 radical (unpaired) electrons. The third kappa shape index (κ3) is 10.3. The maximum Gasteiger partial charge on any atom is 0.407 e. The first-order valence-electron chi connectivity index (χ1n) is 15.1. The predicted molar refractivity (Wildman–Crippen MR) is 170 cm³/mol. The maximum atomic E-state index is 13.7. The Bertz CT molecular complexity index is 1380. The van der Waals surface area contributed by atoms with Gasteiger partial charge in [0, 0.05) is 37.4 Å². The largest absolute Gasteiger partial charge is 0.478 e. The number of anilines is 2.